The first kappa shape index (κ1) is 21.1. The van der Waals surface area contributed by atoms with Crippen molar-refractivity contribution in [1.29, 1.82) is 0 Å². The number of amides is 1. The summed E-state index contributed by atoms with van der Waals surface area (Å²) in [4.78, 5) is 22.8. The van der Waals surface area contributed by atoms with E-state index in [9.17, 15) is 28.1 Å². The fourth-order valence-corrected chi connectivity index (χ4v) is 2.40. The van der Waals surface area contributed by atoms with E-state index < -0.39 is 35.4 Å². The summed E-state index contributed by atoms with van der Waals surface area (Å²) < 4.78 is 40.5. The van der Waals surface area contributed by atoms with Crippen LogP contribution in [-0.4, -0.2) is 70.5 Å². The highest BCUT2D eigenvalue weighted by molar-refractivity contribution is 5.85. The van der Waals surface area contributed by atoms with E-state index >= 15 is 0 Å². The Morgan fingerprint density at radius 3 is 2.60 bits per heavy atom. The first-order valence-corrected chi connectivity index (χ1v) is 7.23. The van der Waals surface area contributed by atoms with Crippen LogP contribution < -0.4 is 10.6 Å². The van der Waals surface area contributed by atoms with Crippen molar-refractivity contribution in [2.75, 3.05) is 32.7 Å². The van der Waals surface area contributed by atoms with Crippen molar-refractivity contribution < 1.29 is 22.9 Å². The van der Waals surface area contributed by atoms with Crippen LogP contribution in [0.25, 0.3) is 0 Å². The predicted octanol–water partition coefficient (Wildman–Crippen LogP) is 0.165. The monoisotopic (exact) mass is 386 g/mol. The molecule has 1 aromatic heterocycles. The zero-order chi connectivity index (χ0) is 17.7. The maximum absolute atomic E-state index is 13.2. The molecule has 0 aromatic carbocycles. The first-order chi connectivity index (χ1) is 11.3. The molecule has 1 atom stereocenters. The number of alkyl halides is 3. The summed E-state index contributed by atoms with van der Waals surface area (Å²) in [7, 11) is 0. The van der Waals surface area contributed by atoms with Gasteiger partial charge in [-0.3, -0.25) is 9.69 Å². The van der Waals surface area contributed by atoms with Crippen molar-refractivity contribution in [1.82, 2.24) is 25.3 Å². The van der Waals surface area contributed by atoms with Crippen LogP contribution in [0.2, 0.25) is 0 Å². The lowest BCUT2D eigenvalue weighted by molar-refractivity contribution is -0.389. The molecule has 13 heteroatoms. The average Bonchev–Trinajstić information content (AvgIpc) is 2.96. The van der Waals surface area contributed by atoms with E-state index in [0.717, 1.165) is 10.7 Å². The Morgan fingerprint density at radius 1 is 1.44 bits per heavy atom. The van der Waals surface area contributed by atoms with Gasteiger partial charge in [0.1, 0.15) is 12.6 Å². The highest BCUT2D eigenvalue weighted by Gasteiger charge is 2.43. The van der Waals surface area contributed by atoms with Gasteiger partial charge in [-0.05, 0) is 4.92 Å². The van der Waals surface area contributed by atoms with Crippen molar-refractivity contribution >= 4 is 24.1 Å². The van der Waals surface area contributed by atoms with Crippen molar-refractivity contribution in [2.24, 2.45) is 0 Å². The lowest BCUT2D eigenvalue weighted by Gasteiger charge is -2.35. The normalized spacial score (nSPS) is 16.8. The van der Waals surface area contributed by atoms with Crippen LogP contribution in [0.1, 0.15) is 0 Å². The van der Waals surface area contributed by atoms with Gasteiger partial charge in [-0.2, -0.15) is 17.9 Å². The van der Waals surface area contributed by atoms with Crippen LogP contribution in [0.3, 0.4) is 0 Å². The number of nitro groups is 1. The molecule has 1 aromatic rings. The summed E-state index contributed by atoms with van der Waals surface area (Å²) in [6.07, 6.45) is -3.25. The fraction of sp³-hybridized carbons (Fsp3) is 0.667. The van der Waals surface area contributed by atoms with E-state index in [2.05, 4.69) is 15.7 Å². The molecule has 0 radical (unpaired) electrons. The molecule has 2 rings (SSSR count). The largest absolute Gasteiger partial charge is 0.405 e. The van der Waals surface area contributed by atoms with Crippen molar-refractivity contribution in [3.63, 3.8) is 0 Å². The molecule has 0 spiro atoms. The van der Waals surface area contributed by atoms with Crippen LogP contribution in [-0.2, 0) is 11.3 Å². The molecule has 1 amide bonds. The number of halogens is 4. The van der Waals surface area contributed by atoms with Gasteiger partial charge in [0, 0.05) is 32.7 Å². The molecule has 2 heterocycles. The lowest BCUT2D eigenvalue weighted by atomic mass is 10.2. The van der Waals surface area contributed by atoms with E-state index in [1.807, 2.05) is 0 Å². The number of rotatable bonds is 6. The van der Waals surface area contributed by atoms with Gasteiger partial charge in [-0.15, -0.1) is 12.4 Å². The van der Waals surface area contributed by atoms with Crippen LogP contribution in [0.4, 0.5) is 19.0 Å². The average molecular weight is 387 g/mol. The van der Waals surface area contributed by atoms with Gasteiger partial charge in [0.25, 0.3) is 0 Å². The molecule has 9 nitrogen and oxygen atoms in total. The number of carbonyl (C=O) groups is 1. The molecule has 0 bridgehead atoms. The van der Waals surface area contributed by atoms with Gasteiger partial charge in [0.2, 0.25) is 5.91 Å². The van der Waals surface area contributed by atoms with Gasteiger partial charge in [-0.25, -0.2) is 0 Å². The molecule has 2 N–H and O–H groups in total. The third-order valence-electron chi connectivity index (χ3n) is 3.58. The molecule has 142 valence electrons. The van der Waals surface area contributed by atoms with Crippen LogP contribution in [0, 0.1) is 10.1 Å². The lowest BCUT2D eigenvalue weighted by Crippen LogP contribution is -2.57. The SMILES string of the molecule is Cl.O=C(Cn1ccc([N+](=O)[O-])n1)NCC(N1CCNCC1)C(F)(F)F. The molecule has 1 unspecified atom stereocenters. The van der Waals surface area contributed by atoms with Gasteiger partial charge in [0.05, 0.1) is 17.4 Å². The summed E-state index contributed by atoms with van der Waals surface area (Å²) >= 11 is 0. The number of hydrogen-bond acceptors (Lipinski definition) is 6. The summed E-state index contributed by atoms with van der Waals surface area (Å²) in [6, 6.07) is -0.664. The zero-order valence-corrected chi connectivity index (χ0v) is 13.8. The highest BCUT2D eigenvalue weighted by atomic mass is 35.5. The van der Waals surface area contributed by atoms with E-state index in [-0.39, 0.29) is 32.0 Å². The maximum atomic E-state index is 13.2. The third kappa shape index (κ3) is 6.14. The Bertz CT molecular complexity index is 591. The molecule has 1 aliphatic heterocycles. The van der Waals surface area contributed by atoms with Crippen molar-refractivity contribution in [3.05, 3.63) is 22.4 Å². The quantitative estimate of drug-likeness (QED) is 0.533. The summed E-state index contributed by atoms with van der Waals surface area (Å²) in [5.41, 5.74) is 0. The van der Waals surface area contributed by atoms with Gasteiger partial charge < -0.3 is 20.7 Å². The van der Waals surface area contributed by atoms with Crippen LogP contribution >= 0.6 is 12.4 Å². The number of hydrogen-bond donors (Lipinski definition) is 2. The molecule has 1 aliphatic rings. The van der Waals surface area contributed by atoms with Gasteiger partial charge >= 0.3 is 12.0 Å². The molecular weight excluding hydrogens is 369 g/mol. The summed E-state index contributed by atoms with van der Waals surface area (Å²) in [5.74, 6) is -1.13. The standard InChI is InChI=1S/C12H17F3N6O3.ClH/c13-12(14,15)9(19-5-2-16-3-6-19)7-17-11(22)8-20-4-1-10(18-20)21(23)24;/h1,4,9,16H,2-3,5-8H2,(H,17,22);1H. The van der Waals surface area contributed by atoms with Crippen LogP contribution in [0.15, 0.2) is 12.3 Å². The number of aromatic nitrogens is 2. The summed E-state index contributed by atoms with van der Waals surface area (Å²) in [5, 5.41) is 19.2. The van der Waals surface area contributed by atoms with Gasteiger partial charge in [-0.1, -0.05) is 0 Å². The minimum atomic E-state index is -4.46. The van der Waals surface area contributed by atoms with E-state index in [4.69, 9.17) is 0 Å². The van der Waals surface area contributed by atoms with E-state index in [1.54, 1.807) is 0 Å². The fourth-order valence-electron chi connectivity index (χ4n) is 2.40. The highest BCUT2D eigenvalue weighted by Crippen LogP contribution is 2.24. The molecule has 1 saturated heterocycles. The smallest absolute Gasteiger partial charge is 0.358 e. The predicted molar refractivity (Wildman–Crippen MR) is 83.4 cm³/mol. The van der Waals surface area contributed by atoms with Crippen molar-refractivity contribution in [2.45, 2.75) is 18.8 Å². The number of piperazine rings is 1. The Labute approximate surface area is 147 Å². The first-order valence-electron chi connectivity index (χ1n) is 7.23. The number of carbonyl (C=O) groups excluding carboxylic acids is 1. The Balaban J connectivity index is 0.00000312. The third-order valence-corrected chi connectivity index (χ3v) is 3.58. The van der Waals surface area contributed by atoms with Crippen LogP contribution in [0.5, 0.6) is 0 Å². The molecule has 0 saturated carbocycles. The Kier molecular flexibility index (Phi) is 7.58. The van der Waals surface area contributed by atoms with E-state index in [0.29, 0.717) is 13.1 Å². The minimum Gasteiger partial charge on any atom is -0.358 e. The number of nitrogens with zero attached hydrogens (tertiary/aromatic N) is 4. The Hall–Kier alpha value is -1.92. The second-order valence-electron chi connectivity index (χ2n) is 5.28. The second-order valence-corrected chi connectivity index (χ2v) is 5.28. The minimum absolute atomic E-state index is 0. The molecule has 0 aliphatic carbocycles. The molecular formula is C12H18ClF3N6O3. The molecule has 1 fully saturated rings. The van der Waals surface area contributed by atoms with Crippen molar-refractivity contribution in [3.8, 4) is 0 Å². The molecule has 25 heavy (non-hydrogen) atoms. The number of nitrogens with one attached hydrogen (secondary N) is 2. The Morgan fingerprint density at radius 2 is 2.08 bits per heavy atom. The van der Waals surface area contributed by atoms with Gasteiger partial charge in [0.15, 0.2) is 0 Å². The maximum Gasteiger partial charge on any atom is 0.405 e. The summed E-state index contributed by atoms with van der Waals surface area (Å²) in [6.45, 7) is 0.428. The van der Waals surface area contributed by atoms with E-state index in [1.165, 1.54) is 11.1 Å². The second kappa shape index (κ2) is 8.97. The zero-order valence-electron chi connectivity index (χ0n) is 13.0. The topological polar surface area (TPSA) is 105 Å².